The van der Waals surface area contributed by atoms with E-state index < -0.39 is 16.0 Å². The van der Waals surface area contributed by atoms with Crippen molar-refractivity contribution in [1.29, 1.82) is 0 Å². The van der Waals surface area contributed by atoms with Crippen molar-refractivity contribution < 1.29 is 22.8 Å². The molecule has 0 atom stereocenters. The summed E-state index contributed by atoms with van der Waals surface area (Å²) in [6, 6.07) is 7.98. The van der Waals surface area contributed by atoms with Crippen LogP contribution in [-0.4, -0.2) is 38.2 Å². The quantitative estimate of drug-likeness (QED) is 0.501. The van der Waals surface area contributed by atoms with Gasteiger partial charge in [-0.05, 0) is 82.0 Å². The maximum Gasteiger partial charge on any atom is 0.337 e. The highest BCUT2D eigenvalue weighted by Gasteiger charge is 2.21. The third-order valence-electron chi connectivity index (χ3n) is 5.85. The molecule has 0 spiro atoms. The Balaban J connectivity index is 1.86. The van der Waals surface area contributed by atoms with Gasteiger partial charge in [0, 0.05) is 24.8 Å². The van der Waals surface area contributed by atoms with E-state index >= 15 is 0 Å². The lowest BCUT2D eigenvalue weighted by Crippen LogP contribution is -2.23. The molecule has 9 heteroatoms. The van der Waals surface area contributed by atoms with E-state index in [4.69, 9.17) is 4.52 Å². The van der Waals surface area contributed by atoms with Crippen LogP contribution in [0.2, 0.25) is 0 Å². The smallest absolute Gasteiger partial charge is 0.337 e. The molecule has 2 N–H and O–H groups in total. The Bertz CT molecular complexity index is 1290. The van der Waals surface area contributed by atoms with Gasteiger partial charge in [0.1, 0.15) is 5.76 Å². The van der Waals surface area contributed by atoms with E-state index in [1.807, 2.05) is 38.7 Å². The van der Waals surface area contributed by atoms with Crippen LogP contribution < -0.4 is 9.62 Å². The van der Waals surface area contributed by atoms with Crippen molar-refractivity contribution >= 4 is 27.4 Å². The molecular weight excluding hydrogens is 442 g/mol. The molecule has 0 unspecified atom stereocenters. The van der Waals surface area contributed by atoms with Gasteiger partial charge in [0.15, 0.2) is 0 Å². The van der Waals surface area contributed by atoms with Crippen LogP contribution in [0, 0.1) is 34.6 Å². The SMILES string of the molecule is Cc1cc(C)c(S(=O)(=O)Nc2ccc(N(C)CCc3c(C)noc3C)c(C(=O)O)c2)cc1C. The van der Waals surface area contributed by atoms with Crippen LogP contribution in [0.4, 0.5) is 11.4 Å². The highest BCUT2D eigenvalue weighted by atomic mass is 32.2. The Hall–Kier alpha value is -3.33. The van der Waals surface area contributed by atoms with Crippen molar-refractivity contribution in [3.63, 3.8) is 0 Å². The van der Waals surface area contributed by atoms with E-state index in [9.17, 15) is 18.3 Å². The lowest BCUT2D eigenvalue weighted by molar-refractivity contribution is 0.0697. The highest BCUT2D eigenvalue weighted by Crippen LogP contribution is 2.27. The number of likely N-dealkylation sites (N-methyl/N-ethyl adjacent to an activating group) is 1. The van der Waals surface area contributed by atoms with Gasteiger partial charge in [-0.1, -0.05) is 11.2 Å². The second kappa shape index (κ2) is 9.27. The molecule has 0 bridgehead atoms. The van der Waals surface area contributed by atoms with E-state index in [2.05, 4.69) is 9.88 Å². The van der Waals surface area contributed by atoms with Gasteiger partial charge in [0.25, 0.3) is 10.0 Å². The Labute approximate surface area is 194 Å². The fraction of sp³-hybridized carbons (Fsp3) is 0.333. The number of carbonyl (C=O) groups is 1. The van der Waals surface area contributed by atoms with E-state index in [-0.39, 0.29) is 16.1 Å². The van der Waals surface area contributed by atoms with Crippen LogP contribution in [0.1, 0.15) is 44.1 Å². The number of aromatic nitrogens is 1. The average molecular weight is 472 g/mol. The van der Waals surface area contributed by atoms with Gasteiger partial charge in [-0.2, -0.15) is 0 Å². The summed E-state index contributed by atoms with van der Waals surface area (Å²) in [6.07, 6.45) is 0.636. The van der Waals surface area contributed by atoms with Gasteiger partial charge in [-0.15, -0.1) is 0 Å². The first kappa shape index (κ1) is 24.3. The van der Waals surface area contributed by atoms with Gasteiger partial charge in [-0.3, -0.25) is 4.72 Å². The lowest BCUT2D eigenvalue weighted by Gasteiger charge is -2.22. The molecule has 0 aliphatic rings. The highest BCUT2D eigenvalue weighted by molar-refractivity contribution is 7.92. The number of nitrogens with one attached hydrogen (secondary N) is 1. The Morgan fingerprint density at radius 2 is 1.73 bits per heavy atom. The van der Waals surface area contributed by atoms with E-state index in [1.54, 1.807) is 32.2 Å². The van der Waals surface area contributed by atoms with Crippen molar-refractivity contribution in [2.24, 2.45) is 0 Å². The largest absolute Gasteiger partial charge is 0.478 e. The average Bonchev–Trinajstić information content (AvgIpc) is 3.05. The molecule has 0 saturated heterocycles. The number of sulfonamides is 1. The van der Waals surface area contributed by atoms with E-state index in [0.29, 0.717) is 24.2 Å². The number of aromatic carboxylic acids is 1. The summed E-state index contributed by atoms with van der Waals surface area (Å²) in [6.45, 7) is 9.76. The number of hydrogen-bond donors (Lipinski definition) is 2. The molecule has 1 aromatic heterocycles. The van der Waals surface area contributed by atoms with Crippen LogP contribution in [-0.2, 0) is 16.4 Å². The zero-order valence-corrected chi connectivity index (χ0v) is 20.5. The second-order valence-electron chi connectivity index (χ2n) is 8.32. The normalized spacial score (nSPS) is 11.5. The fourth-order valence-electron chi connectivity index (χ4n) is 3.80. The number of aryl methyl sites for hydroxylation is 5. The predicted octanol–water partition coefficient (Wildman–Crippen LogP) is 4.39. The van der Waals surface area contributed by atoms with E-state index in [0.717, 1.165) is 28.1 Å². The van der Waals surface area contributed by atoms with Crippen molar-refractivity contribution in [3.05, 3.63) is 69.6 Å². The molecule has 0 aliphatic heterocycles. The maximum atomic E-state index is 13.0. The zero-order valence-electron chi connectivity index (χ0n) is 19.7. The second-order valence-corrected chi connectivity index (χ2v) is 9.97. The third-order valence-corrected chi connectivity index (χ3v) is 7.37. The number of anilines is 2. The first-order valence-corrected chi connectivity index (χ1v) is 12.0. The number of rotatable bonds is 8. The molecule has 3 rings (SSSR count). The number of carboxylic acids is 1. The summed E-state index contributed by atoms with van der Waals surface area (Å²) in [5.41, 5.74) is 4.98. The fourth-order valence-corrected chi connectivity index (χ4v) is 5.16. The Morgan fingerprint density at radius 3 is 2.33 bits per heavy atom. The first-order chi connectivity index (χ1) is 15.4. The Morgan fingerprint density at radius 1 is 1.06 bits per heavy atom. The molecule has 33 heavy (non-hydrogen) atoms. The van der Waals surface area contributed by atoms with Gasteiger partial charge in [0.2, 0.25) is 0 Å². The van der Waals surface area contributed by atoms with Gasteiger partial charge in [-0.25, -0.2) is 13.2 Å². The minimum Gasteiger partial charge on any atom is -0.478 e. The van der Waals surface area contributed by atoms with Crippen LogP contribution in [0.5, 0.6) is 0 Å². The number of benzene rings is 2. The van der Waals surface area contributed by atoms with Crippen LogP contribution >= 0.6 is 0 Å². The zero-order chi connectivity index (χ0) is 24.5. The first-order valence-electron chi connectivity index (χ1n) is 10.5. The van der Waals surface area contributed by atoms with Gasteiger partial charge >= 0.3 is 5.97 Å². The molecule has 2 aromatic carbocycles. The predicted molar refractivity (Wildman–Crippen MR) is 128 cm³/mol. The molecule has 0 radical (unpaired) electrons. The molecule has 0 saturated carbocycles. The van der Waals surface area contributed by atoms with Gasteiger partial charge in [0.05, 0.1) is 21.8 Å². The van der Waals surface area contributed by atoms with Crippen LogP contribution in [0.15, 0.2) is 39.8 Å². The minimum absolute atomic E-state index is 0.00766. The monoisotopic (exact) mass is 471 g/mol. The Kier molecular flexibility index (Phi) is 6.83. The number of hydrogen-bond acceptors (Lipinski definition) is 6. The summed E-state index contributed by atoms with van der Waals surface area (Å²) >= 11 is 0. The summed E-state index contributed by atoms with van der Waals surface area (Å²) in [5.74, 6) is -0.400. The number of nitrogens with zero attached hydrogens (tertiary/aromatic N) is 2. The molecule has 0 fully saturated rings. The van der Waals surface area contributed by atoms with Crippen LogP contribution in [0.3, 0.4) is 0 Å². The van der Waals surface area contributed by atoms with E-state index in [1.165, 1.54) is 6.07 Å². The molecule has 1 heterocycles. The molecule has 8 nitrogen and oxygen atoms in total. The summed E-state index contributed by atoms with van der Waals surface area (Å²) in [4.78, 5) is 14.0. The maximum absolute atomic E-state index is 13.0. The number of carboxylic acid groups (broad SMARTS) is 1. The summed E-state index contributed by atoms with van der Waals surface area (Å²) in [5, 5.41) is 13.7. The molecular formula is C24H29N3O5S. The molecule has 176 valence electrons. The van der Waals surface area contributed by atoms with Crippen molar-refractivity contribution in [2.75, 3.05) is 23.2 Å². The molecule has 3 aromatic rings. The van der Waals surface area contributed by atoms with Crippen LogP contribution in [0.25, 0.3) is 0 Å². The topological polar surface area (TPSA) is 113 Å². The van der Waals surface area contributed by atoms with Crippen molar-refractivity contribution in [1.82, 2.24) is 5.16 Å². The summed E-state index contributed by atoms with van der Waals surface area (Å²) in [7, 11) is -2.09. The standard InChI is InChI=1S/C24H29N3O5S/c1-14-11-16(3)23(12-15(14)2)33(30,31)26-19-7-8-22(21(13-19)24(28)29)27(6)10-9-20-17(4)25-32-18(20)5/h7-8,11-13,26H,9-10H2,1-6H3,(H,28,29). The lowest BCUT2D eigenvalue weighted by atomic mass is 10.1. The van der Waals surface area contributed by atoms with Crippen molar-refractivity contribution in [3.8, 4) is 0 Å². The third kappa shape index (κ3) is 5.19. The molecule has 0 amide bonds. The van der Waals surface area contributed by atoms with Crippen molar-refractivity contribution in [2.45, 2.75) is 45.9 Å². The van der Waals surface area contributed by atoms with Gasteiger partial charge < -0.3 is 14.5 Å². The minimum atomic E-state index is -3.88. The molecule has 0 aliphatic carbocycles. The summed E-state index contributed by atoms with van der Waals surface area (Å²) < 4.78 is 33.7.